The molecule has 1 atom stereocenters. The minimum Gasteiger partial charge on any atom is -0.416 e. The summed E-state index contributed by atoms with van der Waals surface area (Å²) in [6.45, 7) is 4.99. The van der Waals surface area contributed by atoms with Gasteiger partial charge in [-0.3, -0.25) is 4.79 Å². The van der Waals surface area contributed by atoms with E-state index in [0.717, 1.165) is 36.1 Å². The smallest absolute Gasteiger partial charge is 0.254 e. The zero-order chi connectivity index (χ0) is 18.8. The molecule has 1 aliphatic heterocycles. The predicted molar refractivity (Wildman–Crippen MR) is 104 cm³/mol. The molecule has 27 heavy (non-hydrogen) atoms. The van der Waals surface area contributed by atoms with E-state index in [2.05, 4.69) is 17.1 Å². The van der Waals surface area contributed by atoms with Crippen molar-refractivity contribution in [1.82, 2.24) is 15.1 Å². The summed E-state index contributed by atoms with van der Waals surface area (Å²) in [4.78, 5) is 14.7. The number of benzene rings is 2. The summed E-state index contributed by atoms with van der Waals surface area (Å²) in [5, 5.41) is 8.31. The fraction of sp³-hybridized carbons (Fsp3) is 0.318. The first-order valence-corrected chi connectivity index (χ1v) is 9.44. The second-order valence-corrected chi connectivity index (χ2v) is 7.20. The van der Waals surface area contributed by atoms with Crippen molar-refractivity contribution in [2.24, 2.45) is 0 Å². The number of carbonyl (C=O) groups is 1. The van der Waals surface area contributed by atoms with Crippen LogP contribution in [0, 0.1) is 6.92 Å². The van der Waals surface area contributed by atoms with Crippen LogP contribution in [0.15, 0.2) is 52.9 Å². The number of aryl methyl sites for hydroxylation is 1. The summed E-state index contributed by atoms with van der Waals surface area (Å²) in [6, 6.07) is 15.7. The van der Waals surface area contributed by atoms with Crippen molar-refractivity contribution in [3.63, 3.8) is 0 Å². The van der Waals surface area contributed by atoms with E-state index in [0.29, 0.717) is 23.4 Å². The molecule has 0 bridgehead atoms. The van der Waals surface area contributed by atoms with Crippen molar-refractivity contribution in [2.45, 2.75) is 39.2 Å². The van der Waals surface area contributed by atoms with Crippen LogP contribution in [0.3, 0.4) is 0 Å². The number of amides is 1. The molecular weight excluding hydrogens is 338 g/mol. The first kappa shape index (κ1) is 17.5. The third-order valence-electron chi connectivity index (χ3n) is 5.13. The molecule has 0 radical (unpaired) electrons. The Morgan fingerprint density at radius 1 is 1.04 bits per heavy atom. The monoisotopic (exact) mass is 361 g/mol. The number of hydrogen-bond donors (Lipinski definition) is 0. The van der Waals surface area contributed by atoms with Crippen molar-refractivity contribution in [3.05, 3.63) is 59.7 Å². The van der Waals surface area contributed by atoms with Gasteiger partial charge in [-0.15, -0.1) is 10.2 Å². The third kappa shape index (κ3) is 3.63. The molecule has 1 aromatic heterocycles. The molecule has 2 aromatic carbocycles. The molecule has 0 aliphatic carbocycles. The molecule has 2 heterocycles. The maximum atomic E-state index is 12.8. The Bertz CT molecular complexity index is 946. The second kappa shape index (κ2) is 7.35. The van der Waals surface area contributed by atoms with Crippen LogP contribution in [-0.4, -0.2) is 33.6 Å². The van der Waals surface area contributed by atoms with Gasteiger partial charge in [-0.2, -0.15) is 0 Å². The number of hydrogen-bond acceptors (Lipinski definition) is 4. The maximum absolute atomic E-state index is 12.8. The molecule has 5 nitrogen and oxygen atoms in total. The van der Waals surface area contributed by atoms with E-state index in [1.165, 1.54) is 6.42 Å². The molecular formula is C22H23N3O2. The van der Waals surface area contributed by atoms with Gasteiger partial charge in [0.15, 0.2) is 0 Å². The Hall–Kier alpha value is -2.95. The SMILES string of the molecule is Cc1cccc(-c2nnc(-c3ccc(C(=O)N4CCCCC4C)cc3)o2)c1. The average molecular weight is 361 g/mol. The Morgan fingerprint density at radius 3 is 2.48 bits per heavy atom. The van der Waals surface area contributed by atoms with E-state index < -0.39 is 0 Å². The summed E-state index contributed by atoms with van der Waals surface area (Å²) in [7, 11) is 0. The third-order valence-corrected chi connectivity index (χ3v) is 5.13. The van der Waals surface area contributed by atoms with Crippen molar-refractivity contribution in [1.29, 1.82) is 0 Å². The molecule has 138 valence electrons. The average Bonchev–Trinajstić information content (AvgIpc) is 3.18. The van der Waals surface area contributed by atoms with Gasteiger partial charge >= 0.3 is 0 Å². The Labute approximate surface area is 159 Å². The quantitative estimate of drug-likeness (QED) is 0.677. The van der Waals surface area contributed by atoms with E-state index in [4.69, 9.17) is 4.42 Å². The number of nitrogens with zero attached hydrogens (tertiary/aromatic N) is 3. The number of likely N-dealkylation sites (tertiary alicyclic amines) is 1. The Balaban J connectivity index is 1.53. The Kier molecular flexibility index (Phi) is 4.75. The van der Waals surface area contributed by atoms with Crippen LogP contribution in [0.5, 0.6) is 0 Å². The molecule has 0 spiro atoms. The van der Waals surface area contributed by atoms with Gasteiger partial charge in [0.1, 0.15) is 0 Å². The van der Waals surface area contributed by atoms with Gasteiger partial charge in [-0.05, 0) is 69.5 Å². The van der Waals surface area contributed by atoms with Gasteiger partial charge in [0, 0.05) is 29.3 Å². The van der Waals surface area contributed by atoms with Gasteiger partial charge in [0.25, 0.3) is 5.91 Å². The lowest BCUT2D eigenvalue weighted by Gasteiger charge is -2.33. The highest BCUT2D eigenvalue weighted by Gasteiger charge is 2.24. The number of aromatic nitrogens is 2. The summed E-state index contributed by atoms with van der Waals surface area (Å²) >= 11 is 0. The fourth-order valence-corrected chi connectivity index (χ4v) is 3.56. The van der Waals surface area contributed by atoms with E-state index in [9.17, 15) is 4.79 Å². The van der Waals surface area contributed by atoms with Crippen LogP contribution in [0.4, 0.5) is 0 Å². The van der Waals surface area contributed by atoms with Crippen LogP contribution < -0.4 is 0 Å². The molecule has 4 rings (SSSR count). The van der Waals surface area contributed by atoms with E-state index in [1.54, 1.807) is 0 Å². The number of carbonyl (C=O) groups excluding carboxylic acids is 1. The minimum absolute atomic E-state index is 0.0970. The fourth-order valence-electron chi connectivity index (χ4n) is 3.56. The highest BCUT2D eigenvalue weighted by atomic mass is 16.4. The first-order valence-electron chi connectivity index (χ1n) is 9.44. The van der Waals surface area contributed by atoms with Gasteiger partial charge in [-0.1, -0.05) is 17.7 Å². The molecule has 5 heteroatoms. The van der Waals surface area contributed by atoms with Crippen LogP contribution in [0.2, 0.25) is 0 Å². The van der Waals surface area contributed by atoms with Gasteiger partial charge in [0.2, 0.25) is 11.8 Å². The van der Waals surface area contributed by atoms with Crippen LogP contribution >= 0.6 is 0 Å². The van der Waals surface area contributed by atoms with E-state index in [-0.39, 0.29) is 5.91 Å². The van der Waals surface area contributed by atoms with Crippen molar-refractivity contribution < 1.29 is 9.21 Å². The number of rotatable bonds is 3. The molecule has 1 amide bonds. The highest BCUT2D eigenvalue weighted by molar-refractivity contribution is 5.94. The molecule has 1 fully saturated rings. The van der Waals surface area contributed by atoms with Gasteiger partial charge in [-0.25, -0.2) is 0 Å². The van der Waals surface area contributed by atoms with Crippen LogP contribution in [-0.2, 0) is 0 Å². The van der Waals surface area contributed by atoms with E-state index in [1.807, 2.05) is 60.4 Å². The first-order chi connectivity index (χ1) is 13.1. The van der Waals surface area contributed by atoms with E-state index >= 15 is 0 Å². The van der Waals surface area contributed by atoms with Crippen molar-refractivity contribution >= 4 is 5.91 Å². The van der Waals surface area contributed by atoms with Gasteiger partial charge in [0.05, 0.1) is 0 Å². The lowest BCUT2D eigenvalue weighted by Crippen LogP contribution is -2.41. The van der Waals surface area contributed by atoms with Gasteiger partial charge < -0.3 is 9.32 Å². The zero-order valence-corrected chi connectivity index (χ0v) is 15.7. The van der Waals surface area contributed by atoms with Crippen molar-refractivity contribution in [2.75, 3.05) is 6.54 Å². The summed E-state index contributed by atoms with van der Waals surface area (Å²) in [5.74, 6) is 1.05. The van der Waals surface area contributed by atoms with Crippen molar-refractivity contribution in [3.8, 4) is 22.9 Å². The summed E-state index contributed by atoms with van der Waals surface area (Å²) < 4.78 is 5.83. The largest absolute Gasteiger partial charge is 0.416 e. The minimum atomic E-state index is 0.0970. The maximum Gasteiger partial charge on any atom is 0.254 e. The topological polar surface area (TPSA) is 59.2 Å². The molecule has 1 aliphatic rings. The lowest BCUT2D eigenvalue weighted by molar-refractivity contribution is 0.0635. The number of piperidine rings is 1. The van der Waals surface area contributed by atoms with Crippen LogP contribution in [0.25, 0.3) is 22.9 Å². The Morgan fingerprint density at radius 2 is 1.78 bits per heavy atom. The molecule has 0 N–H and O–H groups in total. The second-order valence-electron chi connectivity index (χ2n) is 7.20. The normalized spacial score (nSPS) is 17.1. The highest BCUT2D eigenvalue weighted by Crippen LogP contribution is 2.25. The summed E-state index contributed by atoms with van der Waals surface area (Å²) in [5.41, 5.74) is 3.55. The molecule has 3 aromatic rings. The molecule has 1 unspecified atom stereocenters. The lowest BCUT2D eigenvalue weighted by atomic mass is 10.0. The molecule has 1 saturated heterocycles. The predicted octanol–water partition coefficient (Wildman–Crippen LogP) is 4.73. The summed E-state index contributed by atoms with van der Waals surface area (Å²) in [6.07, 6.45) is 3.36. The zero-order valence-electron chi connectivity index (χ0n) is 15.7. The van der Waals surface area contributed by atoms with Crippen LogP contribution in [0.1, 0.15) is 42.1 Å². The standard InChI is InChI=1S/C22H23N3O2/c1-15-6-5-8-19(14-15)21-24-23-20(27-21)17-9-11-18(12-10-17)22(26)25-13-4-3-7-16(25)2/h5-6,8-12,14,16H,3-4,7,13H2,1-2H3. The molecule has 0 saturated carbocycles.